The Balaban J connectivity index is 1.83. The van der Waals surface area contributed by atoms with Crippen LogP contribution in [0.4, 0.5) is 5.69 Å². The smallest absolute Gasteiger partial charge is 0.264 e. The first kappa shape index (κ1) is 35.0. The summed E-state index contributed by atoms with van der Waals surface area (Å²) in [5.41, 5.74) is 4.43. The van der Waals surface area contributed by atoms with Crippen molar-refractivity contribution in [1.29, 1.82) is 0 Å². The molecule has 0 aliphatic heterocycles. The van der Waals surface area contributed by atoms with Gasteiger partial charge >= 0.3 is 0 Å². The van der Waals surface area contributed by atoms with Gasteiger partial charge in [0, 0.05) is 19.5 Å². The molecule has 0 radical (unpaired) electrons. The number of nitrogens with one attached hydrogen (secondary N) is 1. The number of rotatable bonds is 13. The molecular formula is C36H39Cl2N3O4S. The van der Waals surface area contributed by atoms with Crippen molar-refractivity contribution in [2.24, 2.45) is 0 Å². The summed E-state index contributed by atoms with van der Waals surface area (Å²) in [5.74, 6) is -0.882. The minimum atomic E-state index is -4.19. The van der Waals surface area contributed by atoms with Gasteiger partial charge in [0.25, 0.3) is 10.0 Å². The van der Waals surface area contributed by atoms with Crippen LogP contribution in [0.3, 0.4) is 0 Å². The largest absolute Gasteiger partial charge is 0.354 e. The maximum Gasteiger partial charge on any atom is 0.264 e. The van der Waals surface area contributed by atoms with Gasteiger partial charge in [0.2, 0.25) is 11.8 Å². The lowest BCUT2D eigenvalue weighted by Gasteiger charge is -2.34. The lowest BCUT2D eigenvalue weighted by Crippen LogP contribution is -2.53. The highest BCUT2D eigenvalue weighted by molar-refractivity contribution is 7.92. The van der Waals surface area contributed by atoms with Crippen LogP contribution in [0, 0.1) is 20.8 Å². The molecule has 2 amide bonds. The molecule has 1 N–H and O–H groups in total. The predicted molar refractivity (Wildman–Crippen MR) is 186 cm³/mol. The monoisotopic (exact) mass is 679 g/mol. The van der Waals surface area contributed by atoms with E-state index in [0.717, 1.165) is 21.0 Å². The highest BCUT2D eigenvalue weighted by Gasteiger charge is 2.35. The molecule has 0 spiro atoms. The van der Waals surface area contributed by atoms with Crippen LogP contribution in [-0.4, -0.2) is 44.3 Å². The molecule has 0 saturated heterocycles. The van der Waals surface area contributed by atoms with Crippen LogP contribution in [0.25, 0.3) is 0 Å². The molecule has 0 saturated carbocycles. The number of aryl methyl sites for hydroxylation is 3. The number of sulfonamides is 1. The molecule has 0 aliphatic carbocycles. The zero-order chi connectivity index (χ0) is 33.4. The van der Waals surface area contributed by atoms with E-state index in [4.69, 9.17) is 23.2 Å². The lowest BCUT2D eigenvalue weighted by molar-refractivity contribution is -0.140. The molecule has 1 atom stereocenters. The van der Waals surface area contributed by atoms with Crippen LogP contribution in [0.5, 0.6) is 0 Å². The third-order valence-corrected chi connectivity index (χ3v) is 10.2. The van der Waals surface area contributed by atoms with E-state index in [9.17, 15) is 18.0 Å². The Kier molecular flexibility index (Phi) is 11.9. The van der Waals surface area contributed by atoms with E-state index >= 15 is 0 Å². The summed E-state index contributed by atoms with van der Waals surface area (Å²) in [6.07, 6.45) is 0.928. The van der Waals surface area contributed by atoms with Crippen molar-refractivity contribution < 1.29 is 18.0 Å². The maximum atomic E-state index is 14.6. The molecule has 4 aromatic carbocycles. The summed E-state index contributed by atoms with van der Waals surface area (Å²) >= 11 is 12.5. The Morgan fingerprint density at radius 2 is 1.48 bits per heavy atom. The number of halogens is 2. The van der Waals surface area contributed by atoms with Gasteiger partial charge in [0.05, 0.1) is 20.6 Å². The molecule has 0 unspecified atom stereocenters. The van der Waals surface area contributed by atoms with Gasteiger partial charge in [-0.1, -0.05) is 102 Å². The molecule has 4 aromatic rings. The summed E-state index contributed by atoms with van der Waals surface area (Å²) in [6.45, 7) is 7.44. The third kappa shape index (κ3) is 8.69. The first-order chi connectivity index (χ1) is 21.9. The first-order valence-corrected chi connectivity index (χ1v) is 17.3. The van der Waals surface area contributed by atoms with Crippen LogP contribution in [-0.2, 0) is 32.6 Å². The molecule has 0 heterocycles. The van der Waals surface area contributed by atoms with Crippen LogP contribution >= 0.6 is 23.2 Å². The number of hydrogen-bond donors (Lipinski definition) is 1. The van der Waals surface area contributed by atoms with Gasteiger partial charge in [0.1, 0.15) is 12.6 Å². The molecule has 46 heavy (non-hydrogen) atoms. The highest BCUT2D eigenvalue weighted by Crippen LogP contribution is 2.29. The summed E-state index contributed by atoms with van der Waals surface area (Å²) in [5, 5.41) is 3.61. The average molecular weight is 681 g/mol. The Bertz CT molecular complexity index is 1780. The van der Waals surface area contributed by atoms with Gasteiger partial charge in [-0.25, -0.2) is 8.42 Å². The number of carbonyl (C=O) groups is 2. The zero-order valence-corrected chi connectivity index (χ0v) is 28.8. The van der Waals surface area contributed by atoms with Gasteiger partial charge in [-0.05, 0) is 74.2 Å². The van der Waals surface area contributed by atoms with Crippen LogP contribution < -0.4 is 9.62 Å². The molecule has 4 rings (SSSR count). The van der Waals surface area contributed by atoms with Crippen molar-refractivity contribution in [1.82, 2.24) is 10.2 Å². The second-order valence-corrected chi connectivity index (χ2v) is 14.1. The normalized spacial score (nSPS) is 12.0. The lowest BCUT2D eigenvalue weighted by atomic mass is 10.0. The molecule has 0 aliphatic rings. The minimum Gasteiger partial charge on any atom is -0.354 e. The Hall–Kier alpha value is -3.85. The third-order valence-electron chi connectivity index (χ3n) is 7.67. The van der Waals surface area contributed by atoms with E-state index in [1.807, 2.05) is 70.2 Å². The molecule has 0 aromatic heterocycles. The topological polar surface area (TPSA) is 86.8 Å². The second-order valence-electron chi connectivity index (χ2n) is 11.4. The average Bonchev–Trinajstić information content (AvgIpc) is 3.03. The molecular weight excluding hydrogens is 641 g/mol. The predicted octanol–water partition coefficient (Wildman–Crippen LogP) is 7.28. The number of nitrogens with zero attached hydrogens (tertiary/aromatic N) is 2. The molecule has 10 heteroatoms. The number of carbonyl (C=O) groups excluding carboxylic acids is 2. The fourth-order valence-electron chi connectivity index (χ4n) is 5.19. The fourth-order valence-corrected chi connectivity index (χ4v) is 6.99. The van der Waals surface area contributed by atoms with Gasteiger partial charge in [0.15, 0.2) is 0 Å². The van der Waals surface area contributed by atoms with Crippen molar-refractivity contribution in [3.63, 3.8) is 0 Å². The summed E-state index contributed by atoms with van der Waals surface area (Å²) < 4.78 is 29.7. The number of hydrogen-bond acceptors (Lipinski definition) is 4. The molecule has 0 fully saturated rings. The second kappa shape index (κ2) is 15.6. The molecule has 0 bridgehead atoms. The van der Waals surface area contributed by atoms with Crippen molar-refractivity contribution in [3.8, 4) is 0 Å². The number of anilines is 1. The van der Waals surface area contributed by atoms with Crippen molar-refractivity contribution in [2.45, 2.75) is 58.0 Å². The van der Waals surface area contributed by atoms with Gasteiger partial charge in [-0.15, -0.1) is 0 Å². The van der Waals surface area contributed by atoms with E-state index in [0.29, 0.717) is 39.8 Å². The SMILES string of the molecule is CCCNC(=O)[C@@H](Cc1ccccc1)N(Cc1ccc(Cl)c(Cl)c1)C(=O)CN(c1ccc(C)cc1C)S(=O)(=O)c1ccc(C)cc1. The van der Waals surface area contributed by atoms with Crippen molar-refractivity contribution in [3.05, 3.63) is 129 Å². The van der Waals surface area contributed by atoms with E-state index in [1.54, 1.807) is 36.4 Å². The van der Waals surface area contributed by atoms with E-state index in [-0.39, 0.29) is 23.8 Å². The van der Waals surface area contributed by atoms with E-state index in [1.165, 1.54) is 17.0 Å². The van der Waals surface area contributed by atoms with Gasteiger partial charge in [-0.3, -0.25) is 13.9 Å². The van der Waals surface area contributed by atoms with Gasteiger partial charge in [-0.2, -0.15) is 0 Å². The van der Waals surface area contributed by atoms with E-state index in [2.05, 4.69) is 5.32 Å². The number of benzene rings is 4. The quantitative estimate of drug-likeness (QED) is 0.161. The summed E-state index contributed by atoms with van der Waals surface area (Å²) in [4.78, 5) is 29.9. The Morgan fingerprint density at radius 3 is 2.11 bits per heavy atom. The van der Waals surface area contributed by atoms with Crippen LogP contribution in [0.2, 0.25) is 10.0 Å². The molecule has 242 valence electrons. The van der Waals surface area contributed by atoms with Gasteiger partial charge < -0.3 is 10.2 Å². The number of amides is 2. The Labute approximate surface area is 282 Å². The maximum absolute atomic E-state index is 14.6. The summed E-state index contributed by atoms with van der Waals surface area (Å²) in [6, 6.07) is 25.4. The zero-order valence-electron chi connectivity index (χ0n) is 26.5. The first-order valence-electron chi connectivity index (χ1n) is 15.1. The van der Waals surface area contributed by atoms with E-state index < -0.39 is 28.5 Å². The molecule has 7 nitrogen and oxygen atoms in total. The van der Waals surface area contributed by atoms with Crippen molar-refractivity contribution >= 4 is 50.7 Å². The standard InChI is InChI=1S/C36H39Cl2N3O4S/c1-5-19-39-36(43)34(22-28-9-7-6-8-10-28)40(23-29-14-17-31(37)32(38)21-29)35(42)24-41(33-18-13-26(3)20-27(33)4)46(44,45)30-15-11-25(2)12-16-30/h6-18,20-21,34H,5,19,22-24H2,1-4H3,(H,39,43)/t34-/m1/s1. The fraction of sp³-hybridized carbons (Fsp3) is 0.278. The Morgan fingerprint density at radius 1 is 0.804 bits per heavy atom. The van der Waals surface area contributed by atoms with Crippen molar-refractivity contribution in [2.75, 3.05) is 17.4 Å². The van der Waals surface area contributed by atoms with Crippen LogP contribution in [0.15, 0.2) is 95.9 Å². The van der Waals surface area contributed by atoms with Crippen LogP contribution in [0.1, 0.15) is 41.2 Å². The minimum absolute atomic E-state index is 0.00192. The highest BCUT2D eigenvalue weighted by atomic mass is 35.5. The summed E-state index contributed by atoms with van der Waals surface area (Å²) in [7, 11) is -4.19.